The number of nitrogens with two attached hydrogens (primary N) is 1. The van der Waals surface area contributed by atoms with Gasteiger partial charge in [-0.05, 0) is 19.3 Å². The molecule has 0 aromatic carbocycles. The lowest BCUT2D eigenvalue weighted by atomic mass is 10.0. The van der Waals surface area contributed by atoms with E-state index in [0.29, 0.717) is 6.42 Å². The fourth-order valence-electron chi connectivity index (χ4n) is 5.25. The smallest absolute Gasteiger partial charge is 0.387 e. The molecule has 0 saturated carbocycles. The number of phosphoric ester groups is 1. The maximum Gasteiger partial charge on any atom is 0.472 e. The molecule has 0 bridgehead atoms. The summed E-state index contributed by atoms with van der Waals surface area (Å²) >= 11 is 0. The van der Waals surface area contributed by atoms with E-state index < -0.39 is 20.0 Å². The Morgan fingerprint density at radius 1 is 0.733 bits per heavy atom. The van der Waals surface area contributed by atoms with Crippen LogP contribution in [0.2, 0.25) is 0 Å². The summed E-state index contributed by atoms with van der Waals surface area (Å²) in [4.78, 5) is 22.5. The van der Waals surface area contributed by atoms with Gasteiger partial charge in [0.25, 0.3) is 0 Å². The summed E-state index contributed by atoms with van der Waals surface area (Å²) in [5.41, 5.74) is 5.34. The molecule has 0 fully saturated rings. The molecular weight excluding hydrogens is 587 g/mol. The number of nitrogens with one attached hydrogen (secondary N) is 1. The van der Waals surface area contributed by atoms with Gasteiger partial charge in [-0.25, -0.2) is 4.57 Å². The van der Waals surface area contributed by atoms with Crippen LogP contribution in [0.25, 0.3) is 0 Å². The number of unbranched alkanes of at least 4 members (excludes halogenated alkanes) is 21. The topological polar surface area (TPSA) is 131 Å². The predicted octanol–water partition coefficient (Wildman–Crippen LogP) is 9.44. The zero-order valence-electron chi connectivity index (χ0n) is 29.1. The second-order valence-corrected chi connectivity index (χ2v) is 13.9. The number of carbonyl (C=O) groups is 1. The Labute approximate surface area is 277 Å². The zero-order chi connectivity index (χ0) is 33.3. The van der Waals surface area contributed by atoms with Crippen LogP contribution in [-0.4, -0.2) is 47.8 Å². The minimum atomic E-state index is -4.33. The summed E-state index contributed by atoms with van der Waals surface area (Å²) in [6.45, 7) is 4.05. The second kappa shape index (κ2) is 32.9. The molecule has 0 spiro atoms. The zero-order valence-corrected chi connectivity index (χ0v) is 30.0. The van der Waals surface area contributed by atoms with Crippen molar-refractivity contribution in [1.29, 1.82) is 0 Å². The molecule has 3 atom stereocenters. The summed E-state index contributed by atoms with van der Waals surface area (Å²) in [5.74, 6) is -0.213. The highest BCUT2D eigenvalue weighted by Crippen LogP contribution is 2.43. The summed E-state index contributed by atoms with van der Waals surface area (Å²) < 4.78 is 21.9. The fraction of sp³-hybridized carbons (Fsp3) is 0.861. The molecule has 1 unspecified atom stereocenters. The maximum absolute atomic E-state index is 12.6. The first-order chi connectivity index (χ1) is 21.9. The van der Waals surface area contributed by atoms with Gasteiger partial charge in [-0.3, -0.25) is 13.8 Å². The molecule has 0 aliphatic carbocycles. The lowest BCUT2D eigenvalue weighted by Crippen LogP contribution is -2.45. The molecular formula is C36H71N2O6P. The average molecular weight is 659 g/mol. The molecule has 0 rings (SSSR count). The van der Waals surface area contributed by atoms with Crippen molar-refractivity contribution >= 4 is 13.7 Å². The first-order valence-corrected chi connectivity index (χ1v) is 20.0. The predicted molar refractivity (Wildman–Crippen MR) is 189 cm³/mol. The number of hydrogen-bond donors (Lipinski definition) is 4. The number of phosphoric acid groups is 1. The van der Waals surface area contributed by atoms with E-state index >= 15 is 0 Å². The summed E-state index contributed by atoms with van der Waals surface area (Å²) in [6, 6.07) is -0.885. The standard InChI is InChI=1S/C36H71N2O6P/c1-3-5-7-9-11-13-14-15-16-17-18-19-20-22-24-26-28-30-36(40)38-34(33-44-45(41,42)43-32-31-37)35(39)29-27-25-23-21-12-10-8-6-4-2/h23,25,27,29,34-35,39H,3-22,24,26,28,30-33,37H2,1-2H3,(H,38,40)(H,41,42)/b25-23+,29-27+/t34-,35+/m0/s1. The van der Waals surface area contributed by atoms with Crippen molar-refractivity contribution in [3.63, 3.8) is 0 Å². The molecule has 45 heavy (non-hydrogen) atoms. The number of aliphatic hydroxyl groups is 1. The fourth-order valence-corrected chi connectivity index (χ4v) is 6.01. The molecule has 0 saturated heterocycles. The molecule has 0 aliphatic rings. The van der Waals surface area contributed by atoms with Crippen molar-refractivity contribution in [1.82, 2.24) is 5.32 Å². The molecule has 1 amide bonds. The third kappa shape index (κ3) is 31.4. The average Bonchev–Trinajstić information content (AvgIpc) is 3.02. The van der Waals surface area contributed by atoms with E-state index in [0.717, 1.165) is 32.1 Å². The summed E-state index contributed by atoms with van der Waals surface area (Å²) in [5, 5.41) is 13.5. The van der Waals surface area contributed by atoms with Crippen LogP contribution in [0, 0.1) is 0 Å². The first-order valence-electron chi connectivity index (χ1n) is 18.5. The van der Waals surface area contributed by atoms with Gasteiger partial charge in [-0.2, -0.15) is 0 Å². The Morgan fingerprint density at radius 3 is 1.69 bits per heavy atom. The minimum absolute atomic E-state index is 0.0731. The van der Waals surface area contributed by atoms with E-state index in [1.54, 1.807) is 12.2 Å². The highest BCUT2D eigenvalue weighted by Gasteiger charge is 2.26. The van der Waals surface area contributed by atoms with Crippen molar-refractivity contribution in [2.45, 2.75) is 180 Å². The number of hydrogen-bond acceptors (Lipinski definition) is 6. The molecule has 0 aromatic heterocycles. The molecule has 0 aromatic rings. The Kier molecular flexibility index (Phi) is 32.2. The van der Waals surface area contributed by atoms with Gasteiger partial charge in [-0.15, -0.1) is 0 Å². The molecule has 0 heterocycles. The van der Waals surface area contributed by atoms with E-state index in [9.17, 15) is 19.4 Å². The number of carbonyl (C=O) groups excluding carboxylic acids is 1. The van der Waals surface area contributed by atoms with Gasteiger partial charge in [-0.1, -0.05) is 167 Å². The molecule has 8 nitrogen and oxygen atoms in total. The molecule has 266 valence electrons. The number of amides is 1. The van der Waals surface area contributed by atoms with Crippen molar-refractivity contribution in [3.8, 4) is 0 Å². The van der Waals surface area contributed by atoms with E-state index in [-0.39, 0.29) is 25.7 Å². The molecule has 0 aliphatic heterocycles. The third-order valence-corrected chi connectivity index (χ3v) is 9.07. The Bertz CT molecular complexity index is 764. The van der Waals surface area contributed by atoms with Gasteiger partial charge in [0.2, 0.25) is 5.91 Å². The highest BCUT2D eigenvalue weighted by atomic mass is 31.2. The van der Waals surface area contributed by atoms with Gasteiger partial charge in [0, 0.05) is 13.0 Å². The Morgan fingerprint density at radius 2 is 1.20 bits per heavy atom. The van der Waals surface area contributed by atoms with Crippen LogP contribution in [0.3, 0.4) is 0 Å². The second-order valence-electron chi connectivity index (χ2n) is 12.5. The van der Waals surface area contributed by atoms with Crippen LogP contribution in [0.5, 0.6) is 0 Å². The van der Waals surface area contributed by atoms with Gasteiger partial charge in [0.05, 0.1) is 25.4 Å². The largest absolute Gasteiger partial charge is 0.472 e. The third-order valence-electron chi connectivity index (χ3n) is 8.09. The Hall–Kier alpha value is -1.02. The summed E-state index contributed by atoms with van der Waals surface area (Å²) in [6.07, 6.45) is 35.3. The maximum atomic E-state index is 12.6. The van der Waals surface area contributed by atoms with Crippen LogP contribution >= 0.6 is 7.82 Å². The lowest BCUT2D eigenvalue weighted by molar-refractivity contribution is -0.123. The minimum Gasteiger partial charge on any atom is -0.387 e. The van der Waals surface area contributed by atoms with Gasteiger partial charge in [0.1, 0.15) is 0 Å². The van der Waals surface area contributed by atoms with Crippen molar-refractivity contribution in [2.75, 3.05) is 19.8 Å². The van der Waals surface area contributed by atoms with E-state index in [4.69, 9.17) is 14.8 Å². The molecule has 0 radical (unpaired) electrons. The summed E-state index contributed by atoms with van der Waals surface area (Å²) in [7, 11) is -4.33. The van der Waals surface area contributed by atoms with Crippen LogP contribution < -0.4 is 11.1 Å². The first kappa shape index (κ1) is 44.0. The monoisotopic (exact) mass is 659 g/mol. The number of rotatable bonds is 34. The molecule has 9 heteroatoms. The van der Waals surface area contributed by atoms with Gasteiger partial charge < -0.3 is 21.1 Å². The van der Waals surface area contributed by atoms with E-state index in [2.05, 4.69) is 25.2 Å². The van der Waals surface area contributed by atoms with E-state index in [1.807, 2.05) is 6.08 Å². The van der Waals surface area contributed by atoms with Crippen LogP contribution in [-0.2, 0) is 18.4 Å². The number of aliphatic hydroxyl groups excluding tert-OH is 1. The molecule has 5 N–H and O–H groups in total. The van der Waals surface area contributed by atoms with Crippen molar-refractivity contribution < 1.29 is 28.4 Å². The van der Waals surface area contributed by atoms with Gasteiger partial charge >= 0.3 is 7.82 Å². The van der Waals surface area contributed by atoms with Crippen molar-refractivity contribution in [2.24, 2.45) is 5.73 Å². The van der Waals surface area contributed by atoms with Crippen molar-refractivity contribution in [3.05, 3.63) is 24.3 Å². The number of allylic oxidation sites excluding steroid dienone is 3. The van der Waals surface area contributed by atoms with Crippen LogP contribution in [0.1, 0.15) is 168 Å². The normalized spacial score (nSPS) is 14.7. The van der Waals surface area contributed by atoms with Gasteiger partial charge in [0.15, 0.2) is 0 Å². The highest BCUT2D eigenvalue weighted by molar-refractivity contribution is 7.47. The van der Waals surface area contributed by atoms with Crippen LogP contribution in [0.4, 0.5) is 0 Å². The SMILES string of the molecule is CCCCCCC/C=C/C=C/[C@@H](O)[C@H](COP(=O)(O)OCCN)NC(=O)CCCCCCCCCCCCCCCCCCC. The van der Waals surface area contributed by atoms with Crippen LogP contribution in [0.15, 0.2) is 24.3 Å². The van der Waals surface area contributed by atoms with E-state index in [1.165, 1.54) is 116 Å². The Balaban J connectivity index is 4.24. The lowest BCUT2D eigenvalue weighted by Gasteiger charge is -2.23. The quantitative estimate of drug-likeness (QED) is 0.0308.